The Bertz CT molecular complexity index is 752. The minimum atomic E-state index is 0.281. The Kier molecular flexibility index (Phi) is 4.04. The molecule has 0 unspecified atom stereocenters. The molecule has 0 radical (unpaired) electrons. The highest BCUT2D eigenvalue weighted by Crippen LogP contribution is 2.23. The van der Waals surface area contributed by atoms with Gasteiger partial charge in [0.1, 0.15) is 0 Å². The lowest BCUT2D eigenvalue weighted by molar-refractivity contribution is 0.488. The number of hydrogen-bond donors (Lipinski definition) is 2. The highest BCUT2D eigenvalue weighted by molar-refractivity contribution is 5.80. The van der Waals surface area contributed by atoms with Gasteiger partial charge >= 0.3 is 0 Å². The van der Waals surface area contributed by atoms with Crippen LogP contribution in [0.25, 0.3) is 10.9 Å². The zero-order valence-electron chi connectivity index (χ0n) is 13.8. The van der Waals surface area contributed by atoms with Crippen LogP contribution in [0.2, 0.25) is 0 Å². The molecule has 2 aromatic carbocycles. The topological polar surface area (TPSA) is 27.8 Å². The zero-order chi connectivity index (χ0) is 15.7. The summed E-state index contributed by atoms with van der Waals surface area (Å²) in [4.78, 5) is 3.51. The van der Waals surface area contributed by atoms with Crippen molar-refractivity contribution < 1.29 is 0 Å². The number of aryl methyl sites for hydroxylation is 2. The lowest BCUT2D eigenvalue weighted by Gasteiger charge is -2.20. The fourth-order valence-electron chi connectivity index (χ4n) is 2.92. The zero-order valence-corrected chi connectivity index (χ0v) is 13.8. The van der Waals surface area contributed by atoms with Crippen molar-refractivity contribution in [1.29, 1.82) is 0 Å². The van der Waals surface area contributed by atoms with Gasteiger partial charge in [0.05, 0.1) is 0 Å². The molecular formula is C20H24N2. The normalized spacial score (nSPS) is 14.2. The summed E-state index contributed by atoms with van der Waals surface area (Å²) in [7, 11) is 0. The maximum atomic E-state index is 3.69. The van der Waals surface area contributed by atoms with Crippen LogP contribution in [0.5, 0.6) is 0 Å². The Hall–Kier alpha value is -2.06. The molecule has 0 aliphatic carbocycles. The lowest BCUT2D eigenvalue weighted by Crippen LogP contribution is -2.22. The smallest absolute Gasteiger partial charge is 0.0456 e. The van der Waals surface area contributed by atoms with Gasteiger partial charge in [-0.25, -0.2) is 0 Å². The molecule has 0 aliphatic heterocycles. The number of hydrogen-bond acceptors (Lipinski definition) is 1. The molecule has 22 heavy (non-hydrogen) atoms. The van der Waals surface area contributed by atoms with E-state index in [1.807, 2.05) is 0 Å². The number of rotatable bonds is 4. The van der Waals surface area contributed by atoms with Crippen LogP contribution >= 0.6 is 0 Å². The molecule has 2 atom stereocenters. The van der Waals surface area contributed by atoms with Crippen LogP contribution in [0, 0.1) is 13.8 Å². The van der Waals surface area contributed by atoms with E-state index in [9.17, 15) is 0 Å². The Balaban J connectivity index is 1.77. The third kappa shape index (κ3) is 2.93. The molecule has 0 saturated heterocycles. The first-order chi connectivity index (χ1) is 10.5. The van der Waals surface area contributed by atoms with Crippen LogP contribution in [0.3, 0.4) is 0 Å². The Morgan fingerprint density at radius 2 is 1.64 bits per heavy atom. The second kappa shape index (κ2) is 5.98. The second-order valence-corrected chi connectivity index (χ2v) is 6.27. The molecule has 2 N–H and O–H groups in total. The van der Waals surface area contributed by atoms with E-state index < -0.39 is 0 Å². The van der Waals surface area contributed by atoms with Gasteiger partial charge in [-0.15, -0.1) is 0 Å². The maximum absolute atomic E-state index is 3.69. The van der Waals surface area contributed by atoms with Crippen LogP contribution in [0.4, 0.5) is 0 Å². The largest absolute Gasteiger partial charge is 0.357 e. The highest BCUT2D eigenvalue weighted by atomic mass is 15.0. The Morgan fingerprint density at radius 1 is 0.864 bits per heavy atom. The van der Waals surface area contributed by atoms with E-state index >= 15 is 0 Å². The monoisotopic (exact) mass is 292 g/mol. The predicted molar refractivity (Wildman–Crippen MR) is 94.2 cm³/mol. The lowest BCUT2D eigenvalue weighted by atomic mass is 10.0. The summed E-state index contributed by atoms with van der Waals surface area (Å²) in [6.07, 6.45) is 0. The molecule has 3 rings (SSSR count). The molecule has 0 saturated carbocycles. The highest BCUT2D eigenvalue weighted by Gasteiger charge is 2.13. The van der Waals surface area contributed by atoms with Gasteiger partial charge in [0.2, 0.25) is 0 Å². The molecule has 2 heteroatoms. The fraction of sp³-hybridized carbons (Fsp3) is 0.300. The van der Waals surface area contributed by atoms with Crippen molar-refractivity contribution in [2.75, 3.05) is 0 Å². The van der Waals surface area contributed by atoms with E-state index in [0.29, 0.717) is 6.04 Å². The van der Waals surface area contributed by atoms with Crippen molar-refractivity contribution in [2.24, 2.45) is 0 Å². The molecule has 0 fully saturated rings. The van der Waals surface area contributed by atoms with Crippen molar-refractivity contribution in [3.05, 3.63) is 70.9 Å². The van der Waals surface area contributed by atoms with E-state index in [-0.39, 0.29) is 6.04 Å². The van der Waals surface area contributed by atoms with Crippen molar-refractivity contribution in [3.63, 3.8) is 0 Å². The van der Waals surface area contributed by atoms with Crippen molar-refractivity contribution in [2.45, 2.75) is 39.8 Å². The molecule has 1 aromatic heterocycles. The number of nitrogens with one attached hydrogen (secondary N) is 2. The molecule has 3 aromatic rings. The van der Waals surface area contributed by atoms with Crippen molar-refractivity contribution >= 4 is 10.9 Å². The summed E-state index contributed by atoms with van der Waals surface area (Å²) < 4.78 is 0. The third-order valence-electron chi connectivity index (χ3n) is 4.55. The van der Waals surface area contributed by atoms with E-state index in [1.54, 1.807) is 0 Å². The summed E-state index contributed by atoms with van der Waals surface area (Å²) in [5.41, 5.74) is 6.47. The first kappa shape index (κ1) is 14.9. The Morgan fingerprint density at radius 3 is 2.36 bits per heavy atom. The van der Waals surface area contributed by atoms with Gasteiger partial charge in [0.15, 0.2) is 0 Å². The molecule has 0 aliphatic rings. The van der Waals surface area contributed by atoms with Crippen LogP contribution < -0.4 is 5.32 Å². The Labute approximate surface area is 132 Å². The van der Waals surface area contributed by atoms with Crippen LogP contribution in [0.15, 0.2) is 48.5 Å². The van der Waals surface area contributed by atoms with Gasteiger partial charge in [-0.3, -0.25) is 0 Å². The number of aromatic nitrogens is 1. The molecule has 0 amide bonds. The van der Waals surface area contributed by atoms with Gasteiger partial charge in [-0.05, 0) is 61.9 Å². The minimum Gasteiger partial charge on any atom is -0.357 e. The predicted octanol–water partition coefficient (Wildman–Crippen LogP) is 5.20. The van der Waals surface area contributed by atoms with Gasteiger partial charge in [-0.2, -0.15) is 0 Å². The summed E-state index contributed by atoms with van der Waals surface area (Å²) in [5.74, 6) is 0. The number of aromatic amines is 1. The van der Waals surface area contributed by atoms with Crippen LogP contribution in [0.1, 0.15) is 48.3 Å². The fourth-order valence-corrected chi connectivity index (χ4v) is 2.92. The summed E-state index contributed by atoms with van der Waals surface area (Å²) in [6, 6.07) is 18.0. The van der Waals surface area contributed by atoms with E-state index in [1.165, 1.54) is 33.3 Å². The molecular weight excluding hydrogens is 268 g/mol. The number of fused-ring (bicyclic) bond motifs is 1. The van der Waals surface area contributed by atoms with Gasteiger partial charge in [0.25, 0.3) is 0 Å². The van der Waals surface area contributed by atoms with Gasteiger partial charge in [-0.1, -0.05) is 36.4 Å². The molecule has 114 valence electrons. The second-order valence-electron chi connectivity index (χ2n) is 6.27. The van der Waals surface area contributed by atoms with Crippen molar-refractivity contribution in [1.82, 2.24) is 10.3 Å². The third-order valence-corrected chi connectivity index (χ3v) is 4.55. The first-order valence-electron chi connectivity index (χ1n) is 7.95. The van der Waals surface area contributed by atoms with E-state index in [4.69, 9.17) is 0 Å². The maximum Gasteiger partial charge on any atom is 0.0456 e. The number of para-hydroxylation sites is 1. The molecule has 0 spiro atoms. The van der Waals surface area contributed by atoms with Crippen molar-refractivity contribution in [3.8, 4) is 0 Å². The van der Waals surface area contributed by atoms with Crippen LogP contribution in [-0.4, -0.2) is 4.98 Å². The van der Waals surface area contributed by atoms with E-state index in [2.05, 4.69) is 86.5 Å². The van der Waals surface area contributed by atoms with E-state index in [0.717, 1.165) is 0 Å². The molecule has 0 bridgehead atoms. The molecule has 1 heterocycles. The standard InChI is InChI=1S/C20H24N2/c1-13-9-10-17(11-14(13)2)15(3)21-16(4)20-12-18-7-5-6-8-19(18)22-20/h5-12,15-16,21-22H,1-4H3/t15-,16+/m1/s1. The van der Waals surface area contributed by atoms with Gasteiger partial charge < -0.3 is 10.3 Å². The quantitative estimate of drug-likeness (QED) is 0.680. The summed E-state index contributed by atoms with van der Waals surface area (Å²) in [6.45, 7) is 8.77. The minimum absolute atomic E-state index is 0.281. The number of H-pyrrole nitrogens is 1. The average molecular weight is 292 g/mol. The van der Waals surface area contributed by atoms with Crippen LogP contribution in [-0.2, 0) is 0 Å². The summed E-state index contributed by atoms with van der Waals surface area (Å²) in [5, 5.41) is 4.96. The SMILES string of the molecule is Cc1ccc([C@@H](C)N[C@@H](C)c2cc3ccccc3[nH]2)cc1C. The number of benzene rings is 2. The molecule has 2 nitrogen and oxygen atoms in total. The first-order valence-corrected chi connectivity index (χ1v) is 7.95. The van der Waals surface area contributed by atoms with Gasteiger partial charge in [0, 0.05) is 23.3 Å². The summed E-state index contributed by atoms with van der Waals surface area (Å²) >= 11 is 0. The average Bonchev–Trinajstić information content (AvgIpc) is 2.94.